The second-order valence-corrected chi connectivity index (χ2v) is 1.98. The molecule has 0 bridgehead atoms. The Morgan fingerprint density at radius 3 is 2.43 bits per heavy atom. The Labute approximate surface area is 46.9 Å². The predicted octanol–water partition coefficient (Wildman–Crippen LogP) is 0.313. The molecule has 0 saturated carbocycles. The summed E-state index contributed by atoms with van der Waals surface area (Å²) in [5.41, 5.74) is 0. The first-order valence-electron chi connectivity index (χ1n) is 2.98. The van der Waals surface area contributed by atoms with Gasteiger partial charge >= 0.3 is 0 Å². The normalized spacial score (nSPS) is 14.0. The summed E-state index contributed by atoms with van der Waals surface area (Å²) in [4.78, 5) is 0. The van der Waals surface area contributed by atoms with Crippen LogP contribution in [0, 0.1) is 0 Å². The van der Waals surface area contributed by atoms with E-state index in [0.717, 1.165) is 0 Å². The van der Waals surface area contributed by atoms with Crippen molar-refractivity contribution in [2.45, 2.75) is 32.7 Å². The Morgan fingerprint density at radius 1 is 1.71 bits per heavy atom. The SMILES string of the molecule is BNC(C)CCC. The van der Waals surface area contributed by atoms with Crippen molar-refractivity contribution in [1.29, 1.82) is 0 Å². The number of hydrogen-bond donors (Lipinski definition) is 1. The van der Waals surface area contributed by atoms with Crippen LogP contribution >= 0.6 is 0 Å². The monoisotopic (exact) mass is 99.1 g/mol. The standard InChI is InChI=1S/C5H14BN/c1-3-4-5(2)7-6/h5,7H,3-4,6H2,1-2H3. The molecule has 0 fully saturated rings. The van der Waals surface area contributed by atoms with Crippen LogP contribution in [-0.4, -0.2) is 14.0 Å². The van der Waals surface area contributed by atoms with Gasteiger partial charge in [-0.05, 0) is 12.5 Å². The fourth-order valence-corrected chi connectivity index (χ4v) is 0.577. The largest absolute Gasteiger partial charge is 0.360 e. The highest BCUT2D eigenvalue weighted by atomic mass is 14.8. The van der Waals surface area contributed by atoms with Crippen LogP contribution in [0.5, 0.6) is 0 Å². The van der Waals surface area contributed by atoms with E-state index in [-0.39, 0.29) is 0 Å². The summed E-state index contributed by atoms with van der Waals surface area (Å²) in [6, 6.07) is 0.699. The van der Waals surface area contributed by atoms with Crippen LogP contribution in [-0.2, 0) is 0 Å². The molecular weight excluding hydrogens is 84.9 g/mol. The Bertz CT molecular complexity index is 39.1. The molecule has 0 aliphatic carbocycles. The molecular formula is C5H14BN. The summed E-state index contributed by atoms with van der Waals surface area (Å²) in [5.74, 6) is 0. The summed E-state index contributed by atoms with van der Waals surface area (Å²) in [6.07, 6.45) is 2.57. The summed E-state index contributed by atoms with van der Waals surface area (Å²) >= 11 is 0. The van der Waals surface area contributed by atoms with Crippen molar-refractivity contribution < 1.29 is 0 Å². The molecule has 0 aromatic rings. The Balaban J connectivity index is 2.83. The van der Waals surface area contributed by atoms with Gasteiger partial charge in [0.1, 0.15) is 0 Å². The molecule has 0 heterocycles. The average molecular weight is 99.0 g/mol. The molecule has 0 saturated heterocycles. The maximum atomic E-state index is 3.17. The molecule has 7 heavy (non-hydrogen) atoms. The van der Waals surface area contributed by atoms with Gasteiger partial charge < -0.3 is 5.23 Å². The van der Waals surface area contributed by atoms with Crippen molar-refractivity contribution in [1.82, 2.24) is 5.23 Å². The van der Waals surface area contributed by atoms with Gasteiger partial charge in [0.25, 0.3) is 0 Å². The highest BCUT2D eigenvalue weighted by Crippen LogP contribution is 1.91. The van der Waals surface area contributed by atoms with E-state index in [1.54, 1.807) is 0 Å². The zero-order valence-electron chi connectivity index (χ0n) is 5.49. The number of rotatable bonds is 3. The highest BCUT2D eigenvalue weighted by molar-refractivity contribution is 6.04. The molecule has 0 spiro atoms. The first kappa shape index (κ1) is 7.02. The van der Waals surface area contributed by atoms with E-state index < -0.39 is 0 Å². The third kappa shape index (κ3) is 3.87. The second-order valence-electron chi connectivity index (χ2n) is 1.98. The zero-order chi connectivity index (χ0) is 5.70. The Hall–Kier alpha value is 0.0249. The first-order chi connectivity index (χ1) is 3.31. The molecule has 0 aliphatic rings. The number of nitrogens with one attached hydrogen (secondary N) is 1. The van der Waals surface area contributed by atoms with Crippen LogP contribution in [0.1, 0.15) is 26.7 Å². The van der Waals surface area contributed by atoms with E-state index in [2.05, 4.69) is 19.1 Å². The maximum Gasteiger partial charge on any atom is 0.182 e. The second kappa shape index (κ2) is 4.19. The van der Waals surface area contributed by atoms with Gasteiger partial charge in [-0.2, -0.15) is 0 Å². The van der Waals surface area contributed by atoms with Crippen molar-refractivity contribution in [3.63, 3.8) is 0 Å². The molecule has 0 aromatic heterocycles. The van der Waals surface area contributed by atoms with Crippen molar-refractivity contribution in [2.75, 3.05) is 0 Å². The van der Waals surface area contributed by atoms with Gasteiger partial charge in [-0.15, -0.1) is 0 Å². The van der Waals surface area contributed by atoms with Gasteiger partial charge in [-0.3, -0.25) is 0 Å². The van der Waals surface area contributed by atoms with Crippen LogP contribution in [0.2, 0.25) is 0 Å². The lowest BCUT2D eigenvalue weighted by Gasteiger charge is -2.05. The molecule has 1 nitrogen and oxygen atoms in total. The summed E-state index contributed by atoms with van der Waals surface area (Å²) in [7, 11) is 2.00. The van der Waals surface area contributed by atoms with Crippen molar-refractivity contribution in [3.8, 4) is 0 Å². The third-order valence-corrected chi connectivity index (χ3v) is 1.21. The Morgan fingerprint density at radius 2 is 2.29 bits per heavy atom. The van der Waals surface area contributed by atoms with Gasteiger partial charge in [-0.1, -0.05) is 20.3 Å². The van der Waals surface area contributed by atoms with Crippen LogP contribution in [0.25, 0.3) is 0 Å². The van der Waals surface area contributed by atoms with Crippen molar-refractivity contribution in [3.05, 3.63) is 0 Å². The molecule has 1 unspecified atom stereocenters. The molecule has 0 rings (SSSR count). The van der Waals surface area contributed by atoms with Crippen molar-refractivity contribution >= 4 is 7.98 Å². The molecule has 2 heteroatoms. The lowest BCUT2D eigenvalue weighted by molar-refractivity contribution is 0.611. The molecule has 1 N–H and O–H groups in total. The molecule has 0 aromatic carbocycles. The minimum absolute atomic E-state index is 0.699. The quantitative estimate of drug-likeness (QED) is 0.502. The zero-order valence-corrected chi connectivity index (χ0v) is 5.49. The fourth-order valence-electron chi connectivity index (χ4n) is 0.577. The van der Waals surface area contributed by atoms with E-state index in [1.807, 2.05) is 7.98 Å². The van der Waals surface area contributed by atoms with Gasteiger partial charge in [0.2, 0.25) is 0 Å². The van der Waals surface area contributed by atoms with Crippen LogP contribution in [0.4, 0.5) is 0 Å². The average Bonchev–Trinajstić information content (AvgIpc) is 1.68. The lowest BCUT2D eigenvalue weighted by atomic mass is 10.1. The smallest absolute Gasteiger partial charge is 0.182 e. The molecule has 0 amide bonds. The molecule has 1 atom stereocenters. The third-order valence-electron chi connectivity index (χ3n) is 1.21. The fraction of sp³-hybridized carbons (Fsp3) is 1.00. The van der Waals surface area contributed by atoms with E-state index in [9.17, 15) is 0 Å². The predicted molar refractivity (Wildman–Crippen MR) is 36.0 cm³/mol. The van der Waals surface area contributed by atoms with Gasteiger partial charge in [0.15, 0.2) is 7.98 Å². The Kier molecular flexibility index (Phi) is 4.21. The van der Waals surface area contributed by atoms with E-state index in [4.69, 9.17) is 0 Å². The summed E-state index contributed by atoms with van der Waals surface area (Å²) in [6.45, 7) is 4.40. The molecule has 0 aliphatic heterocycles. The van der Waals surface area contributed by atoms with E-state index in [0.29, 0.717) is 6.04 Å². The van der Waals surface area contributed by atoms with Crippen LogP contribution < -0.4 is 5.23 Å². The van der Waals surface area contributed by atoms with Crippen LogP contribution in [0.3, 0.4) is 0 Å². The summed E-state index contributed by atoms with van der Waals surface area (Å²) < 4.78 is 0. The van der Waals surface area contributed by atoms with Crippen molar-refractivity contribution in [2.24, 2.45) is 0 Å². The molecule has 42 valence electrons. The van der Waals surface area contributed by atoms with Gasteiger partial charge in [0.05, 0.1) is 0 Å². The van der Waals surface area contributed by atoms with Gasteiger partial charge in [-0.25, -0.2) is 0 Å². The first-order valence-corrected chi connectivity index (χ1v) is 2.98. The summed E-state index contributed by atoms with van der Waals surface area (Å²) in [5, 5.41) is 3.17. The van der Waals surface area contributed by atoms with E-state index in [1.165, 1.54) is 12.8 Å². The minimum atomic E-state index is 0.699. The molecule has 0 radical (unpaired) electrons. The maximum absolute atomic E-state index is 3.17. The highest BCUT2D eigenvalue weighted by Gasteiger charge is 1.90. The number of hydrogen-bond acceptors (Lipinski definition) is 1. The van der Waals surface area contributed by atoms with Gasteiger partial charge in [0, 0.05) is 0 Å². The van der Waals surface area contributed by atoms with Crippen LogP contribution in [0.15, 0.2) is 0 Å². The van der Waals surface area contributed by atoms with E-state index >= 15 is 0 Å². The topological polar surface area (TPSA) is 12.0 Å². The lowest BCUT2D eigenvalue weighted by Crippen LogP contribution is -2.21. The minimum Gasteiger partial charge on any atom is -0.360 e.